The van der Waals surface area contributed by atoms with Gasteiger partial charge in [-0.2, -0.15) is 16.8 Å². The fourth-order valence-electron chi connectivity index (χ4n) is 4.72. The second-order valence-electron chi connectivity index (χ2n) is 9.47. The van der Waals surface area contributed by atoms with Crippen molar-refractivity contribution in [2.24, 2.45) is 16.5 Å². The predicted molar refractivity (Wildman–Crippen MR) is 155 cm³/mol. The Hall–Kier alpha value is -3.85. The van der Waals surface area contributed by atoms with Crippen molar-refractivity contribution in [1.29, 1.82) is 0 Å². The molecule has 0 amide bonds. The van der Waals surface area contributed by atoms with Gasteiger partial charge in [-0.1, -0.05) is 0 Å². The molecule has 2 aliphatic heterocycles. The molecule has 0 saturated carbocycles. The molecular weight excluding hydrogens is 628 g/mol. The average molecular weight is 655 g/mol. The van der Waals surface area contributed by atoms with Crippen molar-refractivity contribution in [3.05, 3.63) is 35.2 Å². The van der Waals surface area contributed by atoms with E-state index < -0.39 is 50.5 Å². The molecule has 2 aromatic rings. The van der Waals surface area contributed by atoms with Gasteiger partial charge < -0.3 is 31.3 Å². The maximum Gasteiger partial charge on any atom is 0.300 e. The molecule has 0 spiro atoms. The van der Waals surface area contributed by atoms with Gasteiger partial charge in [0.1, 0.15) is 21.8 Å². The number of nitrogens with two attached hydrogens (primary N) is 2. The number of aromatic nitrogens is 1. The average Bonchev–Trinajstić information content (AvgIpc) is 2.90. The van der Waals surface area contributed by atoms with Crippen LogP contribution in [0.4, 0.5) is 17.1 Å². The van der Waals surface area contributed by atoms with Crippen molar-refractivity contribution in [3.63, 3.8) is 0 Å². The van der Waals surface area contributed by atoms with E-state index in [0.717, 1.165) is 6.26 Å². The van der Waals surface area contributed by atoms with Crippen LogP contribution in [0.15, 0.2) is 48.4 Å². The summed E-state index contributed by atoms with van der Waals surface area (Å²) >= 11 is 0. The lowest BCUT2D eigenvalue weighted by Crippen LogP contribution is -2.20. The highest BCUT2D eigenvalue weighted by Gasteiger charge is 2.36. The van der Waals surface area contributed by atoms with Crippen LogP contribution in [-0.4, -0.2) is 71.8 Å². The van der Waals surface area contributed by atoms with Gasteiger partial charge >= 0.3 is 10.1 Å². The second-order valence-corrected chi connectivity index (χ2v) is 14.1. The molecule has 16 nitrogen and oxygen atoms in total. The van der Waals surface area contributed by atoms with Gasteiger partial charge in [0, 0.05) is 31.5 Å². The zero-order valence-electron chi connectivity index (χ0n) is 22.6. The molecule has 0 radical (unpaired) electrons. The number of nitrogens with one attached hydrogen (secondary N) is 2. The van der Waals surface area contributed by atoms with E-state index in [1.165, 1.54) is 31.2 Å². The van der Waals surface area contributed by atoms with Gasteiger partial charge in [-0.05, 0) is 31.2 Å². The summed E-state index contributed by atoms with van der Waals surface area (Å²) < 4.78 is 108. The summed E-state index contributed by atoms with van der Waals surface area (Å²) in [7, 11) is -14.0. The van der Waals surface area contributed by atoms with E-state index in [1.54, 1.807) is 0 Å². The number of fused-ring (bicyclic) bond motifs is 4. The van der Waals surface area contributed by atoms with Crippen molar-refractivity contribution in [2.45, 2.75) is 21.6 Å². The minimum absolute atomic E-state index is 0.00792. The highest BCUT2D eigenvalue weighted by Crippen LogP contribution is 2.53. The molecule has 19 heteroatoms. The van der Waals surface area contributed by atoms with Crippen molar-refractivity contribution in [1.82, 2.24) is 4.98 Å². The van der Waals surface area contributed by atoms with E-state index >= 15 is 0 Å². The van der Waals surface area contributed by atoms with E-state index in [0.29, 0.717) is 0 Å². The quantitative estimate of drug-likeness (QED) is 0.101. The largest absolute Gasteiger partial charge is 0.451 e. The van der Waals surface area contributed by atoms with Crippen molar-refractivity contribution < 1.29 is 43.5 Å². The lowest BCUT2D eigenvalue weighted by molar-refractivity contribution is 0.446. The summed E-state index contributed by atoms with van der Waals surface area (Å²) in [4.78, 5) is 6.68. The second kappa shape index (κ2) is 10.7. The Morgan fingerprint density at radius 3 is 2.26 bits per heavy atom. The van der Waals surface area contributed by atoms with E-state index in [1.807, 2.05) is 0 Å². The molecule has 0 unspecified atom stereocenters. The van der Waals surface area contributed by atoms with Gasteiger partial charge in [-0.3, -0.25) is 14.1 Å². The van der Waals surface area contributed by atoms with Crippen molar-refractivity contribution in [2.75, 3.05) is 43.1 Å². The number of hydrogen-bond donors (Lipinski definition) is 6. The van der Waals surface area contributed by atoms with E-state index in [-0.39, 0.29) is 82.5 Å². The molecule has 0 bridgehead atoms. The van der Waals surface area contributed by atoms with Gasteiger partial charge in [-0.15, -0.1) is 0 Å². The van der Waals surface area contributed by atoms with Crippen molar-refractivity contribution >= 4 is 58.2 Å². The van der Waals surface area contributed by atoms with Crippen LogP contribution in [0.2, 0.25) is 0 Å². The van der Waals surface area contributed by atoms with Crippen molar-refractivity contribution in [3.8, 4) is 23.0 Å². The number of aryl methyl sites for hydroxylation is 1. The number of ether oxygens (including phenoxy) is 1. The number of anilines is 3. The molecule has 230 valence electrons. The maximum atomic E-state index is 13.2. The normalized spacial score (nSPS) is 13.9. The summed E-state index contributed by atoms with van der Waals surface area (Å²) in [5, 5.41) is 5.48. The van der Waals surface area contributed by atoms with Crippen LogP contribution in [0.5, 0.6) is 11.5 Å². The Kier molecular flexibility index (Phi) is 7.61. The van der Waals surface area contributed by atoms with Gasteiger partial charge in [0.2, 0.25) is 0 Å². The molecule has 8 N–H and O–H groups in total. The Morgan fingerprint density at radius 2 is 1.65 bits per heavy atom. The summed E-state index contributed by atoms with van der Waals surface area (Å²) in [6.45, 7) is 1.91. The minimum atomic E-state index is -4.96. The standard InChI is InChI=1S/C24H26N6O10S3/c1-11-16-21(40-20-12(29-16)3-5-15(28-10-8-26)23(20)43(36,37)38)24(41(2,31)32)17-18(11)39-19-13(30-17)4-6-14(27-9-7-25)22(19)42(33,34)35/h3-6,27,30H,7-10,25-26H2,1-2H3,(H,33,34,35)(H,36,37,38). The highest BCUT2D eigenvalue weighted by molar-refractivity contribution is 7.91. The predicted octanol–water partition coefficient (Wildman–Crippen LogP) is 1.22. The molecule has 43 heavy (non-hydrogen) atoms. The fourth-order valence-corrected chi connectivity index (χ4v) is 7.30. The summed E-state index contributed by atoms with van der Waals surface area (Å²) in [5.74, 6) is -0.927. The van der Waals surface area contributed by atoms with E-state index in [4.69, 9.17) is 20.6 Å². The van der Waals surface area contributed by atoms with Crippen LogP contribution in [0.1, 0.15) is 5.56 Å². The molecule has 0 aromatic heterocycles. The third-order valence-corrected chi connectivity index (χ3v) is 9.37. The van der Waals surface area contributed by atoms with Gasteiger partial charge in [0.15, 0.2) is 42.5 Å². The topological polar surface area (TPSA) is 267 Å². The number of sulfone groups is 1. The number of hydrogen-bond acceptors (Lipinski definition) is 14. The molecule has 0 saturated heterocycles. The van der Waals surface area contributed by atoms with E-state index in [2.05, 4.69) is 20.6 Å². The zero-order chi connectivity index (χ0) is 31.5. The number of benzene rings is 3. The first-order chi connectivity index (χ1) is 20.1. The maximum absolute atomic E-state index is 13.2. The van der Waals surface area contributed by atoms with Crippen LogP contribution in [0, 0.1) is 6.92 Å². The molecule has 2 heterocycles. The third kappa shape index (κ3) is 5.39. The third-order valence-electron chi connectivity index (χ3n) is 6.41. The van der Waals surface area contributed by atoms with Crippen LogP contribution >= 0.6 is 0 Å². The van der Waals surface area contributed by atoms with E-state index in [9.17, 15) is 34.4 Å². The Morgan fingerprint density at radius 1 is 0.953 bits per heavy atom. The summed E-state index contributed by atoms with van der Waals surface area (Å²) in [6.07, 6.45) is 0.869. The number of nitrogens with zero attached hydrogens (tertiary/aromatic N) is 2. The smallest absolute Gasteiger partial charge is 0.300 e. The molecule has 0 atom stereocenters. The summed E-state index contributed by atoms with van der Waals surface area (Å²) in [5.41, 5.74) is 10.5. The lowest BCUT2D eigenvalue weighted by Gasteiger charge is -2.28. The van der Waals surface area contributed by atoms with Crippen LogP contribution in [0.3, 0.4) is 0 Å². The highest BCUT2D eigenvalue weighted by atomic mass is 32.2. The molecular formula is C24H26N6O10S3. The Labute approximate surface area is 245 Å². The molecule has 3 aliphatic rings. The molecule has 1 aliphatic carbocycles. The first-order valence-corrected chi connectivity index (χ1v) is 17.2. The number of rotatable bonds is 8. The molecule has 5 rings (SSSR count). The van der Waals surface area contributed by atoms with Crippen LogP contribution in [-0.2, 0) is 30.1 Å². The summed E-state index contributed by atoms with van der Waals surface area (Å²) in [6, 6.07) is 5.37. The first-order valence-electron chi connectivity index (χ1n) is 12.4. The SMILES string of the molecule is Cc1c2c(c(S(C)(=O)=O)c3oc4c(S(=O)(=O)O)c(=NCCN)ccc-4nc13)Nc1ccc(NCCN)c(S(=O)(=O)O)c1O2. The van der Waals surface area contributed by atoms with Gasteiger partial charge in [-0.25, -0.2) is 13.4 Å². The zero-order valence-corrected chi connectivity index (χ0v) is 25.0. The van der Waals surface area contributed by atoms with Gasteiger partial charge in [0.05, 0.1) is 23.3 Å². The Balaban J connectivity index is 1.89. The molecule has 0 fully saturated rings. The minimum Gasteiger partial charge on any atom is -0.451 e. The Bertz CT molecular complexity index is 2180. The van der Waals surface area contributed by atoms with Crippen LogP contribution in [0.25, 0.3) is 22.6 Å². The fraction of sp³-hybridized carbons (Fsp3) is 0.250. The van der Waals surface area contributed by atoms with Gasteiger partial charge in [0.25, 0.3) is 10.1 Å². The van der Waals surface area contributed by atoms with Crippen LogP contribution < -0.4 is 32.2 Å². The lowest BCUT2D eigenvalue weighted by atomic mass is 10.1. The first kappa shape index (κ1) is 30.6. The molecule has 2 aromatic carbocycles. The monoisotopic (exact) mass is 654 g/mol.